The minimum Gasteiger partial charge on any atom is -0.412 e. The van der Waals surface area contributed by atoms with Crippen LogP contribution in [0, 0.1) is 0 Å². The number of hydrogen-bond acceptors (Lipinski definition) is 1. The maximum absolute atomic E-state index is 6.71. The molecule has 0 aliphatic carbocycles. The van der Waals surface area contributed by atoms with E-state index in [1.54, 1.807) is 0 Å². The summed E-state index contributed by atoms with van der Waals surface area (Å²) < 4.78 is 7.90. The van der Waals surface area contributed by atoms with E-state index in [1.165, 1.54) is 36.5 Å². The monoisotopic (exact) mass is 384 g/mol. The fourth-order valence-electron chi connectivity index (χ4n) is 1.94. The smallest absolute Gasteiger partial charge is 0.192 e. The molecule has 0 fully saturated rings. The van der Waals surface area contributed by atoms with Gasteiger partial charge in [-0.3, -0.25) is 0 Å². The molecule has 0 heterocycles. The van der Waals surface area contributed by atoms with Gasteiger partial charge in [0.2, 0.25) is 0 Å². The molecule has 0 rings (SSSR count). The normalized spacial score (nSPS) is 16.7. The summed E-state index contributed by atoms with van der Waals surface area (Å²) in [4.78, 5) is 0. The second-order valence-corrected chi connectivity index (χ2v) is 13.0. The van der Waals surface area contributed by atoms with E-state index in [2.05, 4.69) is 70.3 Å². The van der Waals surface area contributed by atoms with Crippen LogP contribution < -0.4 is 0 Å². The minimum atomic E-state index is -1.64. The van der Waals surface area contributed by atoms with Crippen LogP contribution in [-0.2, 0) is 4.43 Å². The Labute approximate surface area is 130 Å². The van der Waals surface area contributed by atoms with Crippen LogP contribution >= 0.6 is 22.6 Å². The van der Waals surface area contributed by atoms with Gasteiger partial charge >= 0.3 is 0 Å². The van der Waals surface area contributed by atoms with Crippen LogP contribution in [-0.4, -0.2) is 18.3 Å². The Kier molecular flexibility index (Phi) is 8.01. The molecule has 0 radical (unpaired) electrons. The van der Waals surface area contributed by atoms with Gasteiger partial charge in [0.25, 0.3) is 0 Å². The number of rotatable bonds is 8. The molecule has 0 N–H and O–H groups in total. The molecule has 110 valence electrons. The Morgan fingerprint density at radius 3 is 1.94 bits per heavy atom. The highest BCUT2D eigenvalue weighted by molar-refractivity contribution is 14.1. The molecule has 0 aliphatic rings. The van der Waals surface area contributed by atoms with E-state index in [1.807, 2.05) is 0 Å². The first-order valence-electron chi connectivity index (χ1n) is 7.34. The highest BCUT2D eigenvalue weighted by Crippen LogP contribution is 2.41. The van der Waals surface area contributed by atoms with E-state index in [0.717, 1.165) is 0 Å². The lowest BCUT2D eigenvalue weighted by atomic mass is 9.96. The van der Waals surface area contributed by atoms with Crippen LogP contribution in [0.5, 0.6) is 0 Å². The van der Waals surface area contributed by atoms with E-state index >= 15 is 0 Å². The van der Waals surface area contributed by atoms with Crippen LogP contribution in [0.4, 0.5) is 0 Å². The maximum atomic E-state index is 6.71. The molecule has 0 aromatic carbocycles. The zero-order valence-corrected chi connectivity index (χ0v) is 16.7. The summed E-state index contributed by atoms with van der Waals surface area (Å²) in [5, 5.41) is 0.310. The zero-order chi connectivity index (χ0) is 14.4. The lowest BCUT2D eigenvalue weighted by molar-refractivity contribution is 0.0581. The van der Waals surface area contributed by atoms with Gasteiger partial charge in [0, 0.05) is 4.43 Å². The van der Waals surface area contributed by atoms with Crippen LogP contribution in [0.25, 0.3) is 0 Å². The molecule has 1 atom stereocenters. The van der Waals surface area contributed by atoms with Crippen LogP contribution in [0.2, 0.25) is 18.1 Å². The zero-order valence-electron chi connectivity index (χ0n) is 13.5. The Morgan fingerprint density at radius 2 is 1.56 bits per heavy atom. The Hall–Kier alpha value is 0.907. The largest absolute Gasteiger partial charge is 0.412 e. The summed E-state index contributed by atoms with van der Waals surface area (Å²) in [6.07, 6.45) is 6.33. The quantitative estimate of drug-likeness (QED) is 0.210. The van der Waals surface area contributed by atoms with Crippen molar-refractivity contribution < 1.29 is 4.43 Å². The van der Waals surface area contributed by atoms with E-state index in [-0.39, 0.29) is 5.60 Å². The van der Waals surface area contributed by atoms with Gasteiger partial charge < -0.3 is 4.43 Å². The first-order chi connectivity index (χ1) is 8.08. The lowest BCUT2D eigenvalue weighted by Crippen LogP contribution is -2.48. The second-order valence-electron chi connectivity index (χ2n) is 7.21. The molecule has 1 unspecified atom stereocenters. The van der Waals surface area contributed by atoms with Crippen molar-refractivity contribution in [2.75, 3.05) is 4.43 Å². The van der Waals surface area contributed by atoms with Crippen molar-refractivity contribution in [1.29, 1.82) is 0 Å². The summed E-state index contributed by atoms with van der Waals surface area (Å²) in [6.45, 7) is 16.3. The summed E-state index contributed by atoms with van der Waals surface area (Å²) >= 11 is 2.48. The topological polar surface area (TPSA) is 9.23 Å². The Balaban J connectivity index is 4.68. The molecule has 0 aliphatic heterocycles. The number of unbranched alkanes of at least 4 members (excludes halogenated alkanes) is 2. The SMILES string of the molecule is CCCCCC(C)(CCI)O[Si](C)(C)C(C)(C)C. The number of halogens is 1. The molecular weight excluding hydrogens is 351 g/mol. The third-order valence-corrected chi connectivity index (χ3v) is 9.40. The molecule has 3 heteroatoms. The van der Waals surface area contributed by atoms with Gasteiger partial charge in [0.05, 0.1) is 5.60 Å². The van der Waals surface area contributed by atoms with Crippen LogP contribution in [0.15, 0.2) is 0 Å². The van der Waals surface area contributed by atoms with E-state index < -0.39 is 8.32 Å². The van der Waals surface area contributed by atoms with E-state index in [0.29, 0.717) is 5.04 Å². The predicted molar refractivity (Wildman–Crippen MR) is 94.3 cm³/mol. The van der Waals surface area contributed by atoms with Crippen molar-refractivity contribution in [2.24, 2.45) is 0 Å². The first-order valence-corrected chi connectivity index (χ1v) is 11.8. The summed E-state index contributed by atoms with van der Waals surface area (Å²) in [6, 6.07) is 0. The maximum Gasteiger partial charge on any atom is 0.192 e. The van der Waals surface area contributed by atoms with Gasteiger partial charge in [0.1, 0.15) is 0 Å². The Morgan fingerprint density at radius 1 is 1.00 bits per heavy atom. The third kappa shape index (κ3) is 6.37. The predicted octanol–water partition coefficient (Wildman–Crippen LogP) is 6.17. The lowest BCUT2D eigenvalue weighted by Gasteiger charge is -2.44. The molecule has 0 saturated carbocycles. The van der Waals surface area contributed by atoms with Gasteiger partial charge in [0.15, 0.2) is 8.32 Å². The highest BCUT2D eigenvalue weighted by Gasteiger charge is 2.42. The average molecular weight is 384 g/mol. The fraction of sp³-hybridized carbons (Fsp3) is 1.00. The molecule has 0 bridgehead atoms. The van der Waals surface area contributed by atoms with Crippen molar-refractivity contribution in [1.82, 2.24) is 0 Å². The third-order valence-electron chi connectivity index (χ3n) is 4.24. The van der Waals surface area contributed by atoms with Gasteiger partial charge in [-0.05, 0) is 37.9 Å². The van der Waals surface area contributed by atoms with Crippen molar-refractivity contribution in [3.63, 3.8) is 0 Å². The van der Waals surface area contributed by atoms with Crippen molar-refractivity contribution >= 4 is 30.9 Å². The van der Waals surface area contributed by atoms with Gasteiger partial charge in [-0.15, -0.1) is 0 Å². The van der Waals surface area contributed by atoms with Crippen LogP contribution in [0.1, 0.15) is 66.7 Å². The molecule has 0 amide bonds. The summed E-state index contributed by atoms with van der Waals surface area (Å²) in [5.41, 5.74) is 0.0966. The standard InChI is InChI=1S/C15H33IOSi/c1-8-9-10-11-15(5,12-13-16)17-18(6,7)14(2,3)4/h8-13H2,1-7H3. The molecule has 18 heavy (non-hydrogen) atoms. The molecular formula is C15H33IOSi. The minimum absolute atomic E-state index is 0.0966. The van der Waals surface area contributed by atoms with Gasteiger partial charge in [-0.1, -0.05) is 69.5 Å². The van der Waals surface area contributed by atoms with Crippen LogP contribution in [0.3, 0.4) is 0 Å². The van der Waals surface area contributed by atoms with Crippen molar-refractivity contribution in [3.8, 4) is 0 Å². The highest BCUT2D eigenvalue weighted by atomic mass is 127. The number of hydrogen-bond donors (Lipinski definition) is 0. The van der Waals surface area contributed by atoms with Gasteiger partial charge in [-0.25, -0.2) is 0 Å². The fourth-order valence-corrected chi connectivity index (χ4v) is 4.83. The molecule has 0 spiro atoms. The summed E-state index contributed by atoms with van der Waals surface area (Å²) in [7, 11) is -1.64. The van der Waals surface area contributed by atoms with Gasteiger partial charge in [-0.2, -0.15) is 0 Å². The molecule has 0 aromatic heterocycles. The summed E-state index contributed by atoms with van der Waals surface area (Å²) in [5.74, 6) is 0. The molecule has 0 aromatic rings. The van der Waals surface area contributed by atoms with Crippen molar-refractivity contribution in [2.45, 2.75) is 90.5 Å². The first kappa shape index (κ1) is 18.9. The molecule has 0 saturated heterocycles. The molecule has 1 nitrogen and oxygen atoms in total. The van der Waals surface area contributed by atoms with E-state index in [9.17, 15) is 0 Å². The second kappa shape index (κ2) is 7.63. The van der Waals surface area contributed by atoms with E-state index in [4.69, 9.17) is 4.43 Å². The van der Waals surface area contributed by atoms with Crippen molar-refractivity contribution in [3.05, 3.63) is 0 Å². The Bertz CT molecular complexity index is 235. The number of alkyl halides is 1. The average Bonchev–Trinajstić information content (AvgIpc) is 2.15.